The summed E-state index contributed by atoms with van der Waals surface area (Å²) in [6.07, 6.45) is 1.36. The van der Waals surface area contributed by atoms with Crippen LogP contribution in [-0.2, 0) is 13.1 Å². The molecule has 2 heterocycles. The number of nitrogens with zero attached hydrogens (tertiary/aromatic N) is 5. The summed E-state index contributed by atoms with van der Waals surface area (Å²) < 4.78 is 28.8. The second-order valence-corrected chi connectivity index (χ2v) is 4.35. The molecule has 0 radical (unpaired) electrons. The van der Waals surface area contributed by atoms with Gasteiger partial charge in [-0.15, -0.1) is 5.10 Å². The number of fused-ring (bicyclic) bond motifs is 1. The highest BCUT2D eigenvalue weighted by atomic mass is 19.1. The Labute approximate surface area is 118 Å². The van der Waals surface area contributed by atoms with E-state index in [1.807, 2.05) is 6.92 Å². The van der Waals surface area contributed by atoms with Gasteiger partial charge < -0.3 is 5.32 Å². The van der Waals surface area contributed by atoms with E-state index in [1.165, 1.54) is 24.5 Å². The molecule has 0 amide bonds. The third kappa shape index (κ3) is 2.39. The van der Waals surface area contributed by atoms with Crippen LogP contribution in [0.3, 0.4) is 0 Å². The van der Waals surface area contributed by atoms with Crippen LogP contribution >= 0.6 is 0 Å². The van der Waals surface area contributed by atoms with Crippen LogP contribution in [0.25, 0.3) is 11.2 Å². The molecule has 21 heavy (non-hydrogen) atoms. The van der Waals surface area contributed by atoms with Gasteiger partial charge in [0.15, 0.2) is 17.0 Å². The van der Waals surface area contributed by atoms with E-state index < -0.39 is 11.6 Å². The van der Waals surface area contributed by atoms with Crippen LogP contribution in [-0.4, -0.2) is 25.0 Å². The van der Waals surface area contributed by atoms with Crippen molar-refractivity contribution in [2.24, 2.45) is 0 Å². The van der Waals surface area contributed by atoms with E-state index in [-0.39, 0.29) is 12.1 Å². The molecule has 0 fully saturated rings. The normalized spacial score (nSPS) is 11.0. The minimum absolute atomic E-state index is 0.0381. The van der Waals surface area contributed by atoms with Crippen molar-refractivity contribution in [3.63, 3.8) is 0 Å². The zero-order valence-electron chi connectivity index (χ0n) is 11.2. The summed E-state index contributed by atoms with van der Waals surface area (Å²) in [6, 6.07) is 3.75. The molecule has 1 N–H and O–H groups in total. The number of hydrogen-bond donors (Lipinski definition) is 1. The van der Waals surface area contributed by atoms with E-state index in [2.05, 4.69) is 25.6 Å². The van der Waals surface area contributed by atoms with Crippen molar-refractivity contribution in [3.8, 4) is 0 Å². The van der Waals surface area contributed by atoms with Crippen LogP contribution in [0.5, 0.6) is 0 Å². The summed E-state index contributed by atoms with van der Waals surface area (Å²) in [5.41, 5.74) is 0.993. The quantitative estimate of drug-likeness (QED) is 0.797. The Kier molecular flexibility index (Phi) is 3.43. The van der Waals surface area contributed by atoms with Gasteiger partial charge in [-0.25, -0.2) is 23.4 Å². The van der Waals surface area contributed by atoms with Gasteiger partial charge in [0.1, 0.15) is 18.0 Å². The van der Waals surface area contributed by atoms with Gasteiger partial charge in [-0.05, 0) is 19.1 Å². The van der Waals surface area contributed by atoms with Crippen molar-refractivity contribution in [2.75, 3.05) is 5.32 Å². The summed E-state index contributed by atoms with van der Waals surface area (Å²) in [7, 11) is 0. The number of aryl methyl sites for hydroxylation is 1. The summed E-state index contributed by atoms with van der Waals surface area (Å²) in [4.78, 5) is 8.15. The highest BCUT2D eigenvalue weighted by molar-refractivity contribution is 5.81. The molecule has 108 valence electrons. The van der Waals surface area contributed by atoms with Crippen LogP contribution in [0, 0.1) is 11.6 Å². The molecule has 3 rings (SSSR count). The van der Waals surface area contributed by atoms with Gasteiger partial charge in [0.2, 0.25) is 0 Å². The number of nitrogens with one attached hydrogen (secondary N) is 1. The molecule has 0 spiro atoms. The fourth-order valence-electron chi connectivity index (χ4n) is 2.01. The number of anilines is 1. The highest BCUT2D eigenvalue weighted by Gasteiger charge is 2.13. The third-order valence-electron chi connectivity index (χ3n) is 3.09. The Morgan fingerprint density at radius 3 is 2.67 bits per heavy atom. The van der Waals surface area contributed by atoms with Gasteiger partial charge in [-0.2, -0.15) is 0 Å². The second kappa shape index (κ2) is 5.39. The monoisotopic (exact) mass is 290 g/mol. The van der Waals surface area contributed by atoms with E-state index in [0.717, 1.165) is 0 Å². The van der Waals surface area contributed by atoms with Gasteiger partial charge in [0.05, 0.1) is 0 Å². The maximum absolute atomic E-state index is 13.6. The molecule has 6 nitrogen and oxygen atoms in total. The molecule has 8 heteroatoms. The van der Waals surface area contributed by atoms with E-state index >= 15 is 0 Å². The minimum Gasteiger partial charge on any atom is -0.364 e. The fraction of sp³-hybridized carbons (Fsp3) is 0.231. The largest absolute Gasteiger partial charge is 0.364 e. The van der Waals surface area contributed by atoms with Crippen molar-refractivity contribution in [2.45, 2.75) is 20.0 Å². The van der Waals surface area contributed by atoms with E-state index in [4.69, 9.17) is 0 Å². The first-order valence-electron chi connectivity index (χ1n) is 6.41. The summed E-state index contributed by atoms with van der Waals surface area (Å²) in [5, 5.41) is 10.8. The van der Waals surface area contributed by atoms with Gasteiger partial charge in [-0.1, -0.05) is 11.3 Å². The van der Waals surface area contributed by atoms with Crippen LogP contribution in [0.1, 0.15) is 12.5 Å². The molecule has 0 aliphatic heterocycles. The van der Waals surface area contributed by atoms with E-state index in [9.17, 15) is 8.78 Å². The standard InChI is InChI=1S/C13H12F2N6/c1-2-21-13-11(19-20-21)12(17-7-18-13)16-6-8-9(14)4-3-5-10(8)15/h3-5,7H,2,6H2,1H3,(H,16,17,18). The van der Waals surface area contributed by atoms with Gasteiger partial charge in [0.25, 0.3) is 0 Å². The third-order valence-corrected chi connectivity index (χ3v) is 3.09. The predicted molar refractivity (Wildman–Crippen MR) is 72.5 cm³/mol. The molecule has 1 aromatic carbocycles. The lowest BCUT2D eigenvalue weighted by molar-refractivity contribution is 0.560. The first-order valence-corrected chi connectivity index (χ1v) is 6.41. The number of benzene rings is 1. The average molecular weight is 290 g/mol. The van der Waals surface area contributed by atoms with Gasteiger partial charge in [0, 0.05) is 18.7 Å². The van der Waals surface area contributed by atoms with E-state index in [1.54, 1.807) is 4.68 Å². The highest BCUT2D eigenvalue weighted by Crippen LogP contribution is 2.18. The topological polar surface area (TPSA) is 68.5 Å². The van der Waals surface area contributed by atoms with Crippen LogP contribution in [0.4, 0.5) is 14.6 Å². The summed E-state index contributed by atoms with van der Waals surface area (Å²) in [6.45, 7) is 2.50. The number of halogens is 2. The molecule has 0 unspecified atom stereocenters. The minimum atomic E-state index is -0.606. The van der Waals surface area contributed by atoms with Crippen molar-refractivity contribution < 1.29 is 8.78 Å². The second-order valence-electron chi connectivity index (χ2n) is 4.35. The molecular weight excluding hydrogens is 278 g/mol. The Balaban J connectivity index is 1.91. The first-order chi connectivity index (χ1) is 10.2. The lowest BCUT2D eigenvalue weighted by atomic mass is 10.2. The smallest absolute Gasteiger partial charge is 0.183 e. The molecule has 0 atom stereocenters. The molecule has 0 aliphatic carbocycles. The first kappa shape index (κ1) is 13.3. The van der Waals surface area contributed by atoms with Crippen LogP contribution in [0.15, 0.2) is 24.5 Å². The number of hydrogen-bond acceptors (Lipinski definition) is 5. The lowest BCUT2D eigenvalue weighted by Gasteiger charge is -2.07. The molecule has 2 aromatic heterocycles. The summed E-state index contributed by atoms with van der Waals surface area (Å²) >= 11 is 0. The maximum Gasteiger partial charge on any atom is 0.183 e. The maximum atomic E-state index is 13.6. The summed E-state index contributed by atoms with van der Waals surface area (Å²) in [5.74, 6) is -0.822. The molecule has 0 bridgehead atoms. The fourth-order valence-corrected chi connectivity index (χ4v) is 2.01. The van der Waals surface area contributed by atoms with Gasteiger partial charge in [-0.3, -0.25) is 0 Å². The van der Waals surface area contributed by atoms with Crippen LogP contribution in [0.2, 0.25) is 0 Å². The van der Waals surface area contributed by atoms with Crippen molar-refractivity contribution >= 4 is 17.0 Å². The zero-order chi connectivity index (χ0) is 14.8. The van der Waals surface area contributed by atoms with E-state index in [0.29, 0.717) is 23.5 Å². The molecule has 0 aliphatic rings. The molecule has 0 saturated heterocycles. The Morgan fingerprint density at radius 2 is 1.95 bits per heavy atom. The Bertz CT molecular complexity index is 765. The number of rotatable bonds is 4. The van der Waals surface area contributed by atoms with Crippen molar-refractivity contribution in [1.82, 2.24) is 25.0 Å². The Hall–Kier alpha value is -2.64. The molecule has 0 saturated carbocycles. The lowest BCUT2D eigenvalue weighted by Crippen LogP contribution is -2.06. The number of aromatic nitrogens is 5. The van der Waals surface area contributed by atoms with Gasteiger partial charge >= 0.3 is 0 Å². The van der Waals surface area contributed by atoms with Crippen molar-refractivity contribution in [1.29, 1.82) is 0 Å². The average Bonchev–Trinajstić information content (AvgIpc) is 2.90. The SMILES string of the molecule is CCn1nnc2c(NCc3c(F)cccc3F)ncnc21. The Morgan fingerprint density at radius 1 is 1.19 bits per heavy atom. The zero-order valence-corrected chi connectivity index (χ0v) is 11.2. The predicted octanol–water partition coefficient (Wildman–Crippen LogP) is 2.13. The molecule has 3 aromatic rings. The van der Waals surface area contributed by atoms with Crippen LogP contribution < -0.4 is 5.32 Å². The molecular formula is C13H12F2N6. The van der Waals surface area contributed by atoms with Crippen molar-refractivity contribution in [3.05, 3.63) is 41.7 Å².